The summed E-state index contributed by atoms with van der Waals surface area (Å²) in [6, 6.07) is 59.7. The van der Waals surface area contributed by atoms with Crippen LogP contribution in [0.2, 0.25) is 0 Å². The Labute approximate surface area is 372 Å². The fraction of sp³-hybridized carbons (Fsp3) is 0.179. The van der Waals surface area contributed by atoms with Crippen molar-refractivity contribution in [3.63, 3.8) is 0 Å². The second-order valence-electron chi connectivity index (χ2n) is 17.3. The number of nitrogens with zero attached hydrogens (tertiary/aromatic N) is 3. The fourth-order valence-corrected chi connectivity index (χ4v) is 8.18. The van der Waals surface area contributed by atoms with Crippen molar-refractivity contribution >= 4 is 43.7 Å². The number of benzene rings is 7. The summed E-state index contributed by atoms with van der Waals surface area (Å²) in [5.41, 5.74) is 14.3. The maximum absolute atomic E-state index is 6.68. The topological polar surface area (TPSA) is 43.9 Å². The van der Waals surface area contributed by atoms with Crippen molar-refractivity contribution < 1.29 is 24.5 Å². The van der Waals surface area contributed by atoms with Crippen LogP contribution >= 0.6 is 0 Å². The summed E-state index contributed by atoms with van der Waals surface area (Å²) in [5.74, 6) is 1.42. The predicted molar refractivity (Wildman–Crippen MR) is 251 cm³/mol. The van der Waals surface area contributed by atoms with Crippen molar-refractivity contribution in [2.45, 2.75) is 65.7 Å². The first-order chi connectivity index (χ1) is 29.0. The van der Waals surface area contributed by atoms with Crippen molar-refractivity contribution in [3.05, 3.63) is 187 Å². The van der Waals surface area contributed by atoms with Crippen LogP contribution in [0.25, 0.3) is 83.2 Å². The van der Waals surface area contributed by atoms with Crippen molar-refractivity contribution in [2.24, 2.45) is 0 Å². The second kappa shape index (κ2) is 17.1. The van der Waals surface area contributed by atoms with E-state index in [4.69, 9.17) is 9.40 Å². The molecule has 305 valence electrons. The molecule has 0 aliphatic rings. The molecule has 0 bridgehead atoms. The van der Waals surface area contributed by atoms with Gasteiger partial charge < -0.3 is 14.0 Å². The van der Waals surface area contributed by atoms with Gasteiger partial charge in [0.2, 0.25) is 0 Å². The Bertz CT molecular complexity index is 3090. The molecule has 0 unspecified atom stereocenters. The van der Waals surface area contributed by atoms with Crippen molar-refractivity contribution in [2.75, 3.05) is 0 Å². The largest absolute Gasteiger partial charge is 0.501 e. The molecule has 0 saturated carbocycles. The standard InChI is InChI=1S/C41H33N2O.C15H16N.Ir/c1-25(2)33-22-30(27-13-6-5-7-14-27)23-34(26(3)4)39(33)43-37-20-11-10-19-36(37)42-41(43)32-18-12-17-31-35-21-28-15-8-9-16-29(28)24-38(35)44-40(31)32;1-15(2,3)13-9-10-14(16-11-13)12-7-5-4-6-8-12;/h5-17,19-26H,1-4H3;4-7,9-11H,1-3H3;/q2*-1;. The Balaban J connectivity index is 0.000000255. The van der Waals surface area contributed by atoms with Crippen LogP contribution < -0.4 is 0 Å². The van der Waals surface area contributed by atoms with Crippen LogP contribution in [0, 0.1) is 12.1 Å². The van der Waals surface area contributed by atoms with E-state index in [9.17, 15) is 0 Å². The molecular weight excluding hydrogens is 923 g/mol. The zero-order valence-electron chi connectivity index (χ0n) is 35.7. The molecule has 0 fully saturated rings. The van der Waals surface area contributed by atoms with E-state index in [1.807, 2.05) is 36.5 Å². The SMILES string of the molecule is CC(C)(C)c1ccc(-c2[c-]cccc2)nc1.CC(C)c1cc(-c2ccccc2)cc(C(C)C)c1-n1c(-c2[c-]ccc3c2oc2cc4ccccc4cc23)nc2ccccc21.[Ir]. The van der Waals surface area contributed by atoms with E-state index in [0.717, 1.165) is 55.6 Å². The molecule has 1 radical (unpaired) electrons. The summed E-state index contributed by atoms with van der Waals surface area (Å²) in [5, 5.41) is 4.55. The number of furan rings is 1. The van der Waals surface area contributed by atoms with Crippen LogP contribution in [-0.4, -0.2) is 14.5 Å². The molecule has 0 amide bonds. The third-order valence-corrected chi connectivity index (χ3v) is 11.4. The first-order valence-electron chi connectivity index (χ1n) is 21.0. The molecule has 3 aromatic heterocycles. The van der Waals surface area contributed by atoms with E-state index in [2.05, 4.69) is 191 Å². The van der Waals surface area contributed by atoms with Gasteiger partial charge in [-0.05, 0) is 97.9 Å². The van der Waals surface area contributed by atoms with E-state index < -0.39 is 0 Å². The summed E-state index contributed by atoms with van der Waals surface area (Å²) in [6.07, 6.45) is 1.95. The van der Waals surface area contributed by atoms with Gasteiger partial charge in [-0.25, -0.2) is 0 Å². The normalized spacial score (nSPS) is 11.7. The minimum atomic E-state index is 0. The van der Waals surface area contributed by atoms with Crippen LogP contribution in [0.3, 0.4) is 0 Å². The molecule has 7 aromatic carbocycles. The second-order valence-corrected chi connectivity index (χ2v) is 17.3. The van der Waals surface area contributed by atoms with E-state index in [1.165, 1.54) is 44.3 Å². The van der Waals surface area contributed by atoms with Crippen LogP contribution in [-0.2, 0) is 25.5 Å². The predicted octanol–water partition coefficient (Wildman–Crippen LogP) is 15.3. The number of hydrogen-bond acceptors (Lipinski definition) is 3. The number of rotatable bonds is 6. The number of pyridine rings is 1. The number of hydrogen-bond donors (Lipinski definition) is 0. The molecule has 0 spiro atoms. The van der Waals surface area contributed by atoms with Crippen LogP contribution in [0.1, 0.15) is 77.0 Å². The van der Waals surface area contributed by atoms with Crippen molar-refractivity contribution in [1.82, 2.24) is 14.5 Å². The van der Waals surface area contributed by atoms with Gasteiger partial charge in [0.25, 0.3) is 0 Å². The van der Waals surface area contributed by atoms with Gasteiger partial charge in [0.1, 0.15) is 5.58 Å². The number of aromatic nitrogens is 3. The van der Waals surface area contributed by atoms with Gasteiger partial charge in [0, 0.05) is 37.4 Å². The van der Waals surface area contributed by atoms with Crippen molar-refractivity contribution in [3.8, 4) is 39.5 Å². The minimum Gasteiger partial charge on any atom is -0.501 e. The molecule has 10 rings (SSSR count). The molecule has 10 aromatic rings. The minimum absolute atomic E-state index is 0. The van der Waals surface area contributed by atoms with E-state index in [-0.39, 0.29) is 25.5 Å². The smallest absolute Gasteiger partial charge is 0.121 e. The van der Waals surface area contributed by atoms with Gasteiger partial charge in [-0.1, -0.05) is 138 Å². The van der Waals surface area contributed by atoms with Gasteiger partial charge in [0.15, 0.2) is 0 Å². The molecule has 0 aliphatic carbocycles. The molecule has 3 heterocycles. The maximum Gasteiger partial charge on any atom is 0.121 e. The average molecular weight is 972 g/mol. The van der Waals surface area contributed by atoms with E-state index in [0.29, 0.717) is 11.8 Å². The zero-order chi connectivity index (χ0) is 41.5. The molecule has 0 atom stereocenters. The quantitative estimate of drug-likeness (QED) is 0.156. The summed E-state index contributed by atoms with van der Waals surface area (Å²) in [4.78, 5) is 9.77. The van der Waals surface area contributed by atoms with E-state index >= 15 is 0 Å². The summed E-state index contributed by atoms with van der Waals surface area (Å²) in [7, 11) is 0. The molecular formula is C56H49IrN3O-2. The number of fused-ring (bicyclic) bond motifs is 5. The van der Waals surface area contributed by atoms with Gasteiger partial charge in [0.05, 0.1) is 22.4 Å². The molecule has 0 aliphatic heterocycles. The number of imidazole rings is 1. The molecule has 5 heteroatoms. The summed E-state index contributed by atoms with van der Waals surface area (Å²) in [6.45, 7) is 15.7. The zero-order valence-corrected chi connectivity index (χ0v) is 38.1. The van der Waals surface area contributed by atoms with Gasteiger partial charge >= 0.3 is 0 Å². The molecule has 61 heavy (non-hydrogen) atoms. The monoisotopic (exact) mass is 972 g/mol. The molecule has 0 saturated heterocycles. The Morgan fingerprint density at radius 3 is 1.95 bits per heavy atom. The Hall–Kier alpha value is -6.13. The third-order valence-electron chi connectivity index (χ3n) is 11.4. The van der Waals surface area contributed by atoms with Crippen molar-refractivity contribution in [1.29, 1.82) is 0 Å². The van der Waals surface area contributed by atoms with Gasteiger partial charge in [-0.15, -0.1) is 54.1 Å². The van der Waals surface area contributed by atoms with Crippen LogP contribution in [0.4, 0.5) is 0 Å². The first-order valence-corrected chi connectivity index (χ1v) is 21.0. The van der Waals surface area contributed by atoms with Crippen LogP contribution in [0.15, 0.2) is 162 Å². The fourth-order valence-electron chi connectivity index (χ4n) is 8.18. The molecule has 0 N–H and O–H groups in total. The first kappa shape index (κ1) is 41.6. The molecule has 4 nitrogen and oxygen atoms in total. The average Bonchev–Trinajstić information content (AvgIpc) is 3.84. The Morgan fingerprint density at radius 2 is 1.30 bits per heavy atom. The van der Waals surface area contributed by atoms with Gasteiger partial charge in [-0.2, -0.15) is 0 Å². The van der Waals surface area contributed by atoms with Crippen LogP contribution in [0.5, 0.6) is 0 Å². The summed E-state index contributed by atoms with van der Waals surface area (Å²) < 4.78 is 9.05. The maximum atomic E-state index is 6.68. The number of para-hydroxylation sites is 2. The van der Waals surface area contributed by atoms with Gasteiger partial charge in [-0.3, -0.25) is 4.98 Å². The Morgan fingerprint density at radius 1 is 0.623 bits per heavy atom. The summed E-state index contributed by atoms with van der Waals surface area (Å²) >= 11 is 0. The Kier molecular flexibility index (Phi) is 11.7. The third kappa shape index (κ3) is 8.09. The van der Waals surface area contributed by atoms with E-state index in [1.54, 1.807) is 0 Å².